The highest BCUT2D eigenvalue weighted by Gasteiger charge is 2.47. The first-order valence-corrected chi connectivity index (χ1v) is 32.6. The number of imidazole rings is 1. The number of hydrogen-bond acceptors (Lipinski definition) is 19. The number of likely N-dealkylation sites (N-methyl/N-ethyl adjacent to an activating group) is 2. The maximum absolute atomic E-state index is 14.6. The smallest absolute Gasteiger partial charge is 0.487 e. The molecule has 1 fully saturated rings. The fourth-order valence-electron chi connectivity index (χ4n) is 11.9. The maximum atomic E-state index is 14.6. The van der Waals surface area contributed by atoms with E-state index in [0.717, 1.165) is 74.7 Å². The highest BCUT2D eigenvalue weighted by atomic mass is 31.3. The topological polar surface area (TPSA) is 336 Å². The van der Waals surface area contributed by atoms with Gasteiger partial charge in [-0.05, 0) is 102 Å². The molecule has 3 aromatic carbocycles. The third kappa shape index (κ3) is 13.6. The summed E-state index contributed by atoms with van der Waals surface area (Å²) in [5.74, 6) is 1.05. The van der Waals surface area contributed by atoms with Crippen LogP contribution in [0.3, 0.4) is 0 Å². The number of unbranched alkanes of at least 4 members (excludes halogenated alkanes) is 3. The Labute approximate surface area is 492 Å². The molecule has 7 atom stereocenters. The number of nitrogen functional groups attached to an aromatic ring is 1. The molecular weight excluding hydrogens is 1160 g/mol. The number of aliphatic hydroxyl groups excluding tert-OH is 2. The molecule has 0 spiro atoms. The molecule has 1 saturated heterocycles. The number of nitrogens with two attached hydrogens (primary N) is 1. The number of amides is 2. The molecule has 25 nitrogen and oxygen atoms in total. The number of benzene rings is 3. The van der Waals surface area contributed by atoms with Gasteiger partial charge in [0.2, 0.25) is 11.3 Å². The molecule has 85 heavy (non-hydrogen) atoms. The second kappa shape index (κ2) is 25.0. The number of aromatic nitrogens is 4. The highest BCUT2D eigenvalue weighted by molar-refractivity contribution is 7.66. The summed E-state index contributed by atoms with van der Waals surface area (Å²) < 4.78 is 71.1. The largest absolute Gasteiger partial charge is 0.756 e. The molecular formula is C57H74N9O16P3. The van der Waals surface area contributed by atoms with Gasteiger partial charge in [-0.1, -0.05) is 37.1 Å². The van der Waals surface area contributed by atoms with Crippen molar-refractivity contribution in [2.45, 2.75) is 130 Å². The summed E-state index contributed by atoms with van der Waals surface area (Å²) in [6, 6.07) is 16.4. The zero-order valence-corrected chi connectivity index (χ0v) is 51.6. The Morgan fingerprint density at radius 1 is 0.859 bits per heavy atom. The van der Waals surface area contributed by atoms with Gasteiger partial charge in [0.05, 0.1) is 31.1 Å². The van der Waals surface area contributed by atoms with Crippen molar-refractivity contribution in [1.29, 1.82) is 0 Å². The Kier molecular flexibility index (Phi) is 18.7. The van der Waals surface area contributed by atoms with Crippen LogP contribution in [0.25, 0.3) is 27.9 Å². The minimum absolute atomic E-state index is 0.0286. The molecule has 0 radical (unpaired) electrons. The standard InChI is InChI=1S/C57H74N9O16P3/c1-10-65-42-27-44-40(25-38(42)34(3)29-56(65,5)6)48(41-26-39-35(4)30-57(7,8)66(11-2)43(39)28-45(41)79-44)36-19-14-15-20-37(36)54(70)63(9)23-18-21-47(67)59-22-16-12-13-17-24-77-83(71,72)81-85(75,76)82-84(73,74)78-31-46-50(68)51(69)55(80-46)64-33-62-49-52(58)60-32-61-53(49)64/h14-15,19-20,25-30,32-33,46,50-51,55,68-69H,10-13,16-18,21-24,31H2,1-9H3,(H5-,58,59,60,61,67,71,72,73,74,75,76)/t46-,50-,51-,55-/m1/s1. The predicted octanol–water partition coefficient (Wildman–Crippen LogP) is 6.07. The zero-order valence-electron chi connectivity index (χ0n) is 49.0. The SMILES string of the molecule is CCN1c2cc3c(cc2C(C)=CC1(C)C)C(c1ccccc1C(=O)N(C)CCCC(=O)NCCCCCCOP(=O)([O-])OP(=O)(O)OP(=O)(O)OC[C@H]1O[C@@H](n2cnc4c(N)ncnc42)[C@H](O)[C@@H]1O)=c1cc2c(cc1O3)=[N+](CC)C(C)(C)C=C2C. The van der Waals surface area contributed by atoms with E-state index in [1.54, 1.807) is 11.9 Å². The summed E-state index contributed by atoms with van der Waals surface area (Å²) in [5, 5.41) is 26.0. The Hall–Kier alpha value is -6.01. The van der Waals surface area contributed by atoms with Crippen LogP contribution in [0.4, 0.5) is 11.5 Å². The van der Waals surface area contributed by atoms with Crippen LogP contribution >= 0.6 is 23.5 Å². The van der Waals surface area contributed by atoms with Gasteiger partial charge in [-0.2, -0.15) is 4.31 Å². The molecule has 3 unspecified atom stereocenters. The third-order valence-corrected chi connectivity index (χ3v) is 19.9. The molecule has 4 aliphatic rings. The highest BCUT2D eigenvalue weighted by Crippen LogP contribution is 2.66. The molecule has 28 heteroatoms. The number of phosphoric ester groups is 2. The Balaban J connectivity index is 0.745. The normalized spacial score (nSPS) is 21.5. The van der Waals surface area contributed by atoms with Crippen molar-refractivity contribution in [1.82, 2.24) is 34.3 Å². The van der Waals surface area contributed by atoms with E-state index in [9.17, 15) is 48.2 Å². The molecule has 2 amide bonds. The average Bonchev–Trinajstić information content (AvgIpc) is 1.58. The predicted molar refractivity (Wildman–Crippen MR) is 315 cm³/mol. The zero-order chi connectivity index (χ0) is 61.6. The number of anilines is 2. The van der Waals surface area contributed by atoms with Gasteiger partial charge in [0.1, 0.15) is 48.2 Å². The van der Waals surface area contributed by atoms with E-state index < -0.39 is 61.2 Å². The van der Waals surface area contributed by atoms with Gasteiger partial charge in [0.25, 0.3) is 13.7 Å². The van der Waals surface area contributed by atoms with Crippen molar-refractivity contribution in [3.63, 3.8) is 0 Å². The van der Waals surface area contributed by atoms with E-state index in [2.05, 4.69) is 139 Å². The van der Waals surface area contributed by atoms with Gasteiger partial charge >= 0.3 is 15.6 Å². The summed E-state index contributed by atoms with van der Waals surface area (Å²) in [6.45, 7) is 18.2. The first-order chi connectivity index (χ1) is 40.1. The van der Waals surface area contributed by atoms with Crippen molar-refractivity contribution in [3.05, 3.63) is 112 Å². The number of carbonyl (C=O) groups is 2. The van der Waals surface area contributed by atoms with Crippen LogP contribution in [0.2, 0.25) is 0 Å². The van der Waals surface area contributed by atoms with Crippen molar-refractivity contribution >= 4 is 74.7 Å². The van der Waals surface area contributed by atoms with Gasteiger partial charge in [-0.15, -0.1) is 0 Å². The number of nitrogens with one attached hydrogen (secondary N) is 1. The lowest BCUT2D eigenvalue weighted by molar-refractivity contribution is -0.218. The molecule has 6 heterocycles. The quantitative estimate of drug-likeness (QED) is 0.0227. The van der Waals surface area contributed by atoms with Gasteiger partial charge < -0.3 is 59.7 Å². The molecule has 0 saturated carbocycles. The van der Waals surface area contributed by atoms with E-state index in [4.69, 9.17) is 15.2 Å². The minimum atomic E-state index is -5.87. The van der Waals surface area contributed by atoms with Crippen molar-refractivity contribution in [2.75, 3.05) is 57.1 Å². The first kappa shape index (κ1) is 63.5. The summed E-state index contributed by atoms with van der Waals surface area (Å²) in [5.41, 5.74) is 14.3. The van der Waals surface area contributed by atoms with Crippen LogP contribution in [0.5, 0.6) is 11.5 Å². The fourth-order valence-corrected chi connectivity index (χ4v) is 15.4. The Bertz CT molecular complexity index is 3780. The van der Waals surface area contributed by atoms with Crippen LogP contribution in [-0.2, 0) is 40.9 Å². The lowest BCUT2D eigenvalue weighted by Crippen LogP contribution is -2.49. The third-order valence-electron chi connectivity index (χ3n) is 15.7. The van der Waals surface area contributed by atoms with Crippen molar-refractivity contribution < 1.29 is 75.3 Å². The van der Waals surface area contributed by atoms with Crippen LogP contribution in [0.15, 0.2) is 73.3 Å². The number of aliphatic hydroxyl groups is 2. The molecule has 0 aliphatic carbocycles. The number of phosphoric acid groups is 3. The van der Waals surface area contributed by atoms with Crippen LogP contribution in [-0.4, -0.2) is 132 Å². The molecule has 0 bridgehead atoms. The molecule has 9 rings (SSSR count). The number of fused-ring (bicyclic) bond motifs is 5. The van der Waals surface area contributed by atoms with E-state index >= 15 is 0 Å². The summed E-state index contributed by atoms with van der Waals surface area (Å²) >= 11 is 0. The number of rotatable bonds is 24. The molecule has 458 valence electrons. The summed E-state index contributed by atoms with van der Waals surface area (Å²) in [4.78, 5) is 76.0. The number of allylic oxidation sites excluding steroid dienone is 2. The summed E-state index contributed by atoms with van der Waals surface area (Å²) in [7, 11) is -15.3. The van der Waals surface area contributed by atoms with Crippen LogP contribution in [0.1, 0.15) is 133 Å². The number of hydrogen-bond donors (Lipinski definition) is 6. The summed E-state index contributed by atoms with van der Waals surface area (Å²) in [6.07, 6.45) is 2.93. The molecule has 2 aromatic heterocycles. The number of nitrogens with zero attached hydrogens (tertiary/aromatic N) is 7. The van der Waals surface area contributed by atoms with E-state index in [0.29, 0.717) is 55.8 Å². The lowest BCUT2D eigenvalue weighted by atomic mass is 9.83. The monoisotopic (exact) mass is 1230 g/mol. The lowest BCUT2D eigenvalue weighted by Gasteiger charge is -2.43. The number of carbonyl (C=O) groups excluding carboxylic acids is 2. The van der Waals surface area contributed by atoms with Gasteiger partial charge in [0.15, 0.2) is 23.2 Å². The Morgan fingerprint density at radius 3 is 2.33 bits per heavy atom. The van der Waals surface area contributed by atoms with E-state index in [1.165, 1.54) is 10.9 Å². The number of ether oxygens (including phenoxy) is 2. The van der Waals surface area contributed by atoms with Crippen LogP contribution < -0.4 is 40.7 Å². The fraction of sp³-hybridized carbons (Fsp3) is 0.474. The van der Waals surface area contributed by atoms with Crippen molar-refractivity contribution in [3.8, 4) is 11.5 Å². The van der Waals surface area contributed by atoms with Gasteiger partial charge in [-0.3, -0.25) is 23.2 Å². The van der Waals surface area contributed by atoms with Crippen LogP contribution in [0, 0.1) is 0 Å². The second-order valence-electron chi connectivity index (χ2n) is 22.6. The first-order valence-electron chi connectivity index (χ1n) is 28.2. The second-order valence-corrected chi connectivity index (χ2v) is 27.2. The van der Waals surface area contributed by atoms with Gasteiger partial charge in [-0.25, -0.2) is 33.0 Å². The van der Waals surface area contributed by atoms with Gasteiger partial charge in [0, 0.05) is 91.7 Å². The Morgan fingerprint density at radius 2 is 1.59 bits per heavy atom. The minimum Gasteiger partial charge on any atom is -0.756 e. The van der Waals surface area contributed by atoms with Crippen molar-refractivity contribution in [2.24, 2.45) is 0 Å². The van der Waals surface area contributed by atoms with E-state index in [1.807, 2.05) is 24.3 Å². The molecule has 4 aliphatic heterocycles. The maximum Gasteiger partial charge on any atom is 0.487 e. The van der Waals surface area contributed by atoms with E-state index in [-0.39, 0.29) is 52.7 Å². The molecule has 7 N–H and O–H groups in total. The molecule has 5 aromatic rings. The average molecular weight is 1230 g/mol.